The summed E-state index contributed by atoms with van der Waals surface area (Å²) in [7, 11) is 0. The first-order chi connectivity index (χ1) is 15.9. The highest BCUT2D eigenvalue weighted by Crippen LogP contribution is 2.56. The Morgan fingerprint density at radius 3 is 1.79 bits per heavy atom. The van der Waals surface area contributed by atoms with E-state index in [0.29, 0.717) is 6.54 Å². The van der Waals surface area contributed by atoms with Gasteiger partial charge in [-0.15, -0.1) is 13.2 Å². The van der Waals surface area contributed by atoms with Crippen LogP contribution in [0.4, 0.5) is 0 Å². The fourth-order valence-corrected chi connectivity index (χ4v) is 5.05. The molecule has 1 fully saturated rings. The van der Waals surface area contributed by atoms with Gasteiger partial charge in [-0.25, -0.2) is 5.01 Å². The molecule has 2 aromatic carbocycles. The molecule has 7 nitrogen and oxygen atoms in total. The molecule has 2 aliphatic heterocycles. The summed E-state index contributed by atoms with van der Waals surface area (Å²) in [5.41, 5.74) is 0.616. The van der Waals surface area contributed by atoms with E-state index < -0.39 is 29.3 Å². The zero-order valence-corrected chi connectivity index (χ0v) is 17.9. The standard InChI is InChI=1S/C26H24N2O5/c1-3-19(24(30)31)22-23(20(4-2)25(32)33)28-21(29)15-16-27(28)26(22,17-11-7-5-8-12-17)18-13-9-6-10-14-18/h3-14,19-20H,1-2,15-16H2,(H,30,31)(H,32,33). The maximum Gasteiger partial charge on any atom is 0.316 e. The minimum Gasteiger partial charge on any atom is -0.481 e. The van der Waals surface area contributed by atoms with Crippen LogP contribution in [0.5, 0.6) is 0 Å². The van der Waals surface area contributed by atoms with E-state index in [2.05, 4.69) is 13.2 Å². The lowest BCUT2D eigenvalue weighted by Gasteiger charge is -2.42. The first kappa shape index (κ1) is 22.2. The van der Waals surface area contributed by atoms with Crippen molar-refractivity contribution in [1.29, 1.82) is 0 Å². The van der Waals surface area contributed by atoms with Gasteiger partial charge in [-0.3, -0.25) is 14.4 Å². The molecule has 2 aromatic rings. The minimum absolute atomic E-state index is 0.111. The molecule has 0 radical (unpaired) electrons. The molecule has 0 saturated carbocycles. The van der Waals surface area contributed by atoms with E-state index in [-0.39, 0.29) is 23.6 Å². The van der Waals surface area contributed by atoms with E-state index in [4.69, 9.17) is 0 Å². The topological polar surface area (TPSA) is 98.1 Å². The van der Waals surface area contributed by atoms with Crippen LogP contribution in [0.3, 0.4) is 0 Å². The van der Waals surface area contributed by atoms with Crippen molar-refractivity contribution in [3.8, 4) is 0 Å². The second kappa shape index (κ2) is 8.52. The van der Waals surface area contributed by atoms with Gasteiger partial charge in [0.1, 0.15) is 17.4 Å². The molecule has 4 rings (SSSR count). The van der Waals surface area contributed by atoms with Crippen molar-refractivity contribution in [3.63, 3.8) is 0 Å². The van der Waals surface area contributed by atoms with Crippen molar-refractivity contribution in [3.05, 3.63) is 108 Å². The van der Waals surface area contributed by atoms with Gasteiger partial charge in [-0.05, 0) is 11.1 Å². The lowest BCUT2D eigenvalue weighted by molar-refractivity contribution is -0.142. The van der Waals surface area contributed by atoms with E-state index in [0.717, 1.165) is 11.1 Å². The van der Waals surface area contributed by atoms with Gasteiger partial charge in [0.05, 0.1) is 5.70 Å². The number of carbonyl (C=O) groups excluding carboxylic acids is 1. The van der Waals surface area contributed by atoms with Crippen LogP contribution in [-0.4, -0.2) is 44.6 Å². The van der Waals surface area contributed by atoms with Crippen LogP contribution in [0.2, 0.25) is 0 Å². The van der Waals surface area contributed by atoms with Gasteiger partial charge in [0.15, 0.2) is 0 Å². The highest BCUT2D eigenvalue weighted by Gasteiger charge is 2.60. The van der Waals surface area contributed by atoms with Gasteiger partial charge in [-0.1, -0.05) is 72.8 Å². The first-order valence-corrected chi connectivity index (χ1v) is 10.6. The Hall–Kier alpha value is -3.97. The molecule has 2 unspecified atom stereocenters. The summed E-state index contributed by atoms with van der Waals surface area (Å²) in [6, 6.07) is 18.5. The third kappa shape index (κ3) is 3.20. The van der Waals surface area contributed by atoms with Gasteiger partial charge in [0.2, 0.25) is 5.91 Å². The molecule has 1 saturated heterocycles. The highest BCUT2D eigenvalue weighted by molar-refractivity contribution is 5.88. The van der Waals surface area contributed by atoms with Crippen LogP contribution in [-0.2, 0) is 19.9 Å². The van der Waals surface area contributed by atoms with Crippen LogP contribution >= 0.6 is 0 Å². The Labute approximate surface area is 191 Å². The summed E-state index contributed by atoms with van der Waals surface area (Å²) in [6.07, 6.45) is 2.69. The Kier molecular flexibility index (Phi) is 5.74. The Balaban J connectivity index is 2.22. The van der Waals surface area contributed by atoms with Crippen LogP contribution in [0.15, 0.2) is 97.2 Å². The second-order valence-electron chi connectivity index (χ2n) is 7.92. The van der Waals surface area contributed by atoms with Gasteiger partial charge < -0.3 is 10.2 Å². The number of carbonyl (C=O) groups is 3. The molecule has 0 bridgehead atoms. The normalized spacial score (nSPS) is 19.2. The summed E-state index contributed by atoms with van der Waals surface area (Å²) >= 11 is 0. The number of rotatable bonds is 8. The summed E-state index contributed by atoms with van der Waals surface area (Å²) < 4.78 is 0. The third-order valence-electron chi connectivity index (χ3n) is 6.29. The highest BCUT2D eigenvalue weighted by atomic mass is 16.4. The zero-order chi connectivity index (χ0) is 23.8. The zero-order valence-electron chi connectivity index (χ0n) is 17.9. The molecule has 2 atom stereocenters. The van der Waals surface area contributed by atoms with E-state index in [9.17, 15) is 24.6 Å². The number of hydrogen-bond donors (Lipinski definition) is 2. The van der Waals surface area contributed by atoms with Gasteiger partial charge in [0.25, 0.3) is 0 Å². The van der Waals surface area contributed by atoms with E-state index in [1.165, 1.54) is 17.2 Å². The third-order valence-corrected chi connectivity index (χ3v) is 6.29. The van der Waals surface area contributed by atoms with Crippen molar-refractivity contribution in [2.75, 3.05) is 6.54 Å². The van der Waals surface area contributed by atoms with Crippen LogP contribution in [0.25, 0.3) is 0 Å². The molecule has 168 valence electrons. The van der Waals surface area contributed by atoms with Crippen molar-refractivity contribution < 1.29 is 24.6 Å². The largest absolute Gasteiger partial charge is 0.481 e. The monoisotopic (exact) mass is 444 g/mol. The predicted molar refractivity (Wildman–Crippen MR) is 122 cm³/mol. The summed E-state index contributed by atoms with van der Waals surface area (Å²) in [5.74, 6) is -5.24. The fraction of sp³-hybridized carbons (Fsp3) is 0.192. The van der Waals surface area contributed by atoms with E-state index >= 15 is 0 Å². The number of hydrazine groups is 1. The Bertz CT molecular complexity index is 1120. The Morgan fingerprint density at radius 2 is 1.36 bits per heavy atom. The number of benzene rings is 2. The molecule has 7 heteroatoms. The van der Waals surface area contributed by atoms with Gasteiger partial charge in [-0.2, -0.15) is 5.01 Å². The summed E-state index contributed by atoms with van der Waals surface area (Å²) in [4.78, 5) is 37.9. The fourth-order valence-electron chi connectivity index (χ4n) is 5.05. The molecule has 2 heterocycles. The van der Waals surface area contributed by atoms with Crippen molar-refractivity contribution in [1.82, 2.24) is 10.0 Å². The first-order valence-electron chi connectivity index (χ1n) is 10.6. The number of aliphatic carboxylic acids is 2. The smallest absolute Gasteiger partial charge is 0.316 e. The molecule has 0 aromatic heterocycles. The van der Waals surface area contributed by atoms with Crippen molar-refractivity contribution in [2.24, 2.45) is 11.8 Å². The van der Waals surface area contributed by atoms with Gasteiger partial charge >= 0.3 is 11.9 Å². The number of hydrogen-bond acceptors (Lipinski definition) is 4. The maximum absolute atomic E-state index is 13.1. The molecule has 2 N–H and O–H groups in total. The summed E-state index contributed by atoms with van der Waals surface area (Å²) in [5, 5.41) is 23.4. The predicted octanol–water partition coefficient (Wildman–Crippen LogP) is 3.42. The minimum atomic E-state index is -1.29. The quantitative estimate of drug-likeness (QED) is 0.606. The average molecular weight is 444 g/mol. The average Bonchev–Trinajstić information content (AvgIpc) is 3.33. The molecule has 2 aliphatic rings. The lowest BCUT2D eigenvalue weighted by Crippen LogP contribution is -2.49. The summed E-state index contributed by atoms with van der Waals surface area (Å²) in [6.45, 7) is 7.72. The molecule has 33 heavy (non-hydrogen) atoms. The number of fused-ring (bicyclic) bond motifs is 1. The van der Waals surface area contributed by atoms with Crippen LogP contribution in [0, 0.1) is 11.8 Å². The SMILES string of the molecule is C=CC(C(=O)O)C1=C(C(C=C)C(=O)O)C(c2ccccc2)(c2ccccc2)N2CCC(=O)N12. The number of nitrogens with zero attached hydrogens (tertiary/aromatic N) is 2. The van der Waals surface area contributed by atoms with Crippen molar-refractivity contribution in [2.45, 2.75) is 12.0 Å². The number of carboxylic acid groups (broad SMARTS) is 2. The Morgan fingerprint density at radius 1 is 0.879 bits per heavy atom. The van der Waals surface area contributed by atoms with E-state index in [1.807, 2.05) is 60.7 Å². The molecule has 0 aliphatic carbocycles. The lowest BCUT2D eigenvalue weighted by atomic mass is 9.70. The molecular formula is C26H24N2O5. The van der Waals surface area contributed by atoms with Crippen molar-refractivity contribution >= 4 is 17.8 Å². The van der Waals surface area contributed by atoms with Crippen LogP contribution < -0.4 is 0 Å². The number of carboxylic acids is 2. The second-order valence-corrected chi connectivity index (χ2v) is 7.92. The molecular weight excluding hydrogens is 420 g/mol. The maximum atomic E-state index is 13.1. The molecule has 0 spiro atoms. The van der Waals surface area contributed by atoms with Crippen LogP contribution in [0.1, 0.15) is 17.5 Å². The van der Waals surface area contributed by atoms with E-state index in [1.54, 1.807) is 5.01 Å². The molecule has 1 amide bonds. The number of amides is 1. The van der Waals surface area contributed by atoms with Gasteiger partial charge in [0, 0.05) is 18.5 Å².